The maximum Gasteiger partial charge on any atom is 0.335 e. The number of ether oxygens (including phenoxy) is 1. The highest BCUT2D eigenvalue weighted by molar-refractivity contribution is 5.88. The lowest BCUT2D eigenvalue weighted by atomic mass is 10.2. The molecule has 0 fully saturated rings. The van der Waals surface area contributed by atoms with Crippen molar-refractivity contribution in [2.45, 2.75) is 0 Å². The number of aromatic carboxylic acids is 1. The van der Waals surface area contributed by atoms with E-state index in [1.165, 1.54) is 12.1 Å². The third-order valence-electron chi connectivity index (χ3n) is 2.46. The molecule has 19 heavy (non-hydrogen) atoms. The second-order valence-electron chi connectivity index (χ2n) is 4.34. The zero-order valence-corrected chi connectivity index (χ0v) is 11.1. The fourth-order valence-electron chi connectivity index (χ4n) is 1.40. The van der Waals surface area contributed by atoms with Gasteiger partial charge in [-0.25, -0.2) is 9.18 Å². The van der Waals surface area contributed by atoms with Crippen LogP contribution in [0.1, 0.15) is 10.4 Å². The molecule has 106 valence electrons. The summed E-state index contributed by atoms with van der Waals surface area (Å²) in [6.07, 6.45) is 0. The Hall–Kier alpha value is -1.66. The Balaban J connectivity index is 2.32. The predicted molar refractivity (Wildman–Crippen MR) is 71.2 cm³/mol. The van der Waals surface area contributed by atoms with E-state index in [0.29, 0.717) is 19.8 Å². The van der Waals surface area contributed by atoms with Crippen LogP contribution < -0.4 is 5.32 Å². The Morgan fingerprint density at radius 2 is 2.16 bits per heavy atom. The van der Waals surface area contributed by atoms with Gasteiger partial charge in [0.15, 0.2) is 0 Å². The highest BCUT2D eigenvalue weighted by Crippen LogP contribution is 2.15. The lowest BCUT2D eigenvalue weighted by Gasteiger charge is -2.11. The molecule has 0 amide bonds. The van der Waals surface area contributed by atoms with Crippen LogP contribution in [0.2, 0.25) is 0 Å². The summed E-state index contributed by atoms with van der Waals surface area (Å²) in [7, 11) is 3.92. The van der Waals surface area contributed by atoms with E-state index >= 15 is 0 Å². The Bertz CT molecular complexity index is 424. The normalized spacial score (nSPS) is 10.7. The topological polar surface area (TPSA) is 61.8 Å². The summed E-state index contributed by atoms with van der Waals surface area (Å²) < 4.78 is 18.9. The molecule has 0 aliphatic heterocycles. The average molecular weight is 270 g/mol. The van der Waals surface area contributed by atoms with Crippen molar-refractivity contribution in [3.05, 3.63) is 29.6 Å². The van der Waals surface area contributed by atoms with Gasteiger partial charge in [-0.2, -0.15) is 0 Å². The summed E-state index contributed by atoms with van der Waals surface area (Å²) in [5, 5.41) is 11.6. The van der Waals surface area contributed by atoms with Crippen LogP contribution in [0.3, 0.4) is 0 Å². The van der Waals surface area contributed by atoms with Gasteiger partial charge in [-0.05, 0) is 32.3 Å². The van der Waals surface area contributed by atoms with Crippen LogP contribution >= 0.6 is 0 Å². The number of benzene rings is 1. The molecule has 1 rings (SSSR count). The molecule has 1 aromatic carbocycles. The van der Waals surface area contributed by atoms with Gasteiger partial charge >= 0.3 is 5.97 Å². The minimum atomic E-state index is -1.14. The second-order valence-corrected chi connectivity index (χ2v) is 4.34. The van der Waals surface area contributed by atoms with E-state index in [2.05, 4.69) is 5.32 Å². The number of carbonyl (C=O) groups is 1. The van der Waals surface area contributed by atoms with E-state index in [1.807, 2.05) is 19.0 Å². The van der Waals surface area contributed by atoms with Crippen LogP contribution in [0.4, 0.5) is 10.1 Å². The first-order chi connectivity index (χ1) is 9.00. The van der Waals surface area contributed by atoms with Crippen LogP contribution in [-0.2, 0) is 4.74 Å². The van der Waals surface area contributed by atoms with Crippen molar-refractivity contribution in [2.24, 2.45) is 0 Å². The molecule has 0 saturated heterocycles. The SMILES string of the molecule is CN(C)CCOCCNc1ccc(C(=O)O)cc1F. The number of anilines is 1. The molecule has 0 unspecified atom stereocenters. The van der Waals surface area contributed by atoms with Crippen molar-refractivity contribution in [2.75, 3.05) is 45.7 Å². The van der Waals surface area contributed by atoms with Gasteiger partial charge in [0.05, 0.1) is 24.5 Å². The zero-order valence-electron chi connectivity index (χ0n) is 11.1. The Labute approximate surface area is 112 Å². The summed E-state index contributed by atoms with van der Waals surface area (Å²) in [6, 6.07) is 3.77. The van der Waals surface area contributed by atoms with Gasteiger partial charge in [0.2, 0.25) is 0 Å². The first-order valence-electron chi connectivity index (χ1n) is 6.00. The number of rotatable bonds is 8. The number of carboxylic acid groups (broad SMARTS) is 1. The van der Waals surface area contributed by atoms with E-state index in [1.54, 1.807) is 0 Å². The molecule has 0 radical (unpaired) electrons. The monoisotopic (exact) mass is 270 g/mol. The molecule has 0 aromatic heterocycles. The van der Waals surface area contributed by atoms with Crippen molar-refractivity contribution in [3.8, 4) is 0 Å². The van der Waals surface area contributed by atoms with Crippen molar-refractivity contribution in [1.82, 2.24) is 4.90 Å². The van der Waals surface area contributed by atoms with Crippen molar-refractivity contribution < 1.29 is 19.0 Å². The molecular weight excluding hydrogens is 251 g/mol. The number of hydrogen-bond acceptors (Lipinski definition) is 4. The fraction of sp³-hybridized carbons (Fsp3) is 0.462. The first kappa shape index (κ1) is 15.4. The van der Waals surface area contributed by atoms with Crippen LogP contribution in [-0.4, -0.2) is 56.4 Å². The summed E-state index contributed by atoms with van der Waals surface area (Å²) in [6.45, 7) is 2.39. The highest BCUT2D eigenvalue weighted by atomic mass is 19.1. The molecule has 0 aliphatic rings. The van der Waals surface area contributed by atoms with E-state index in [4.69, 9.17) is 9.84 Å². The van der Waals surface area contributed by atoms with Crippen LogP contribution in [0.25, 0.3) is 0 Å². The number of nitrogens with one attached hydrogen (secondary N) is 1. The molecule has 0 spiro atoms. The number of likely N-dealkylation sites (N-methyl/N-ethyl adjacent to an activating group) is 1. The maximum absolute atomic E-state index is 13.5. The first-order valence-corrected chi connectivity index (χ1v) is 6.00. The number of carboxylic acids is 1. The molecule has 6 heteroatoms. The van der Waals surface area contributed by atoms with Crippen molar-refractivity contribution >= 4 is 11.7 Å². The van der Waals surface area contributed by atoms with Gasteiger partial charge in [0.1, 0.15) is 5.82 Å². The molecule has 0 bridgehead atoms. The zero-order chi connectivity index (χ0) is 14.3. The lowest BCUT2D eigenvalue weighted by molar-refractivity contribution is 0.0696. The third-order valence-corrected chi connectivity index (χ3v) is 2.46. The Morgan fingerprint density at radius 3 is 2.74 bits per heavy atom. The van der Waals surface area contributed by atoms with Gasteiger partial charge in [-0.3, -0.25) is 0 Å². The Morgan fingerprint density at radius 1 is 1.42 bits per heavy atom. The molecular formula is C13H19FN2O3. The minimum Gasteiger partial charge on any atom is -0.478 e. The standard InChI is InChI=1S/C13H19FN2O3/c1-16(2)6-8-19-7-5-15-12-4-3-10(13(17)18)9-11(12)14/h3-4,9,15H,5-8H2,1-2H3,(H,17,18). The van der Waals surface area contributed by atoms with Crippen molar-refractivity contribution in [3.63, 3.8) is 0 Å². The highest BCUT2D eigenvalue weighted by Gasteiger charge is 2.07. The molecule has 0 saturated carbocycles. The average Bonchev–Trinajstić information content (AvgIpc) is 2.34. The van der Waals surface area contributed by atoms with Crippen LogP contribution in [0.5, 0.6) is 0 Å². The van der Waals surface area contributed by atoms with E-state index in [0.717, 1.165) is 12.6 Å². The molecule has 0 heterocycles. The molecule has 5 nitrogen and oxygen atoms in total. The summed E-state index contributed by atoms with van der Waals surface area (Å²) in [5.41, 5.74) is 0.214. The third kappa shape index (κ3) is 5.67. The number of hydrogen-bond donors (Lipinski definition) is 2. The van der Waals surface area contributed by atoms with E-state index < -0.39 is 11.8 Å². The van der Waals surface area contributed by atoms with Gasteiger partial charge in [0.25, 0.3) is 0 Å². The van der Waals surface area contributed by atoms with E-state index in [9.17, 15) is 9.18 Å². The summed E-state index contributed by atoms with van der Waals surface area (Å²) in [4.78, 5) is 12.7. The van der Waals surface area contributed by atoms with E-state index in [-0.39, 0.29) is 11.3 Å². The smallest absolute Gasteiger partial charge is 0.335 e. The molecule has 0 aliphatic carbocycles. The predicted octanol–water partition coefficient (Wildman–Crippen LogP) is 1.51. The lowest BCUT2D eigenvalue weighted by Crippen LogP contribution is -2.20. The van der Waals surface area contributed by atoms with Gasteiger partial charge in [0, 0.05) is 13.1 Å². The van der Waals surface area contributed by atoms with Crippen molar-refractivity contribution in [1.29, 1.82) is 0 Å². The maximum atomic E-state index is 13.5. The molecule has 2 N–H and O–H groups in total. The summed E-state index contributed by atoms with van der Waals surface area (Å²) >= 11 is 0. The summed E-state index contributed by atoms with van der Waals surface area (Å²) in [5.74, 6) is -1.72. The number of nitrogens with zero attached hydrogens (tertiary/aromatic N) is 1. The van der Waals surface area contributed by atoms with Gasteiger partial charge in [-0.15, -0.1) is 0 Å². The molecule has 0 atom stereocenters. The van der Waals surface area contributed by atoms with Gasteiger partial charge in [-0.1, -0.05) is 0 Å². The van der Waals surface area contributed by atoms with Gasteiger partial charge < -0.3 is 20.1 Å². The molecule has 1 aromatic rings. The Kier molecular flexibility index (Phi) is 6.24. The minimum absolute atomic E-state index is 0.0646. The van der Waals surface area contributed by atoms with Crippen LogP contribution in [0.15, 0.2) is 18.2 Å². The fourth-order valence-corrected chi connectivity index (χ4v) is 1.40. The quantitative estimate of drug-likeness (QED) is 0.701. The van der Waals surface area contributed by atoms with Crippen LogP contribution in [0, 0.1) is 5.82 Å². The number of halogens is 1. The second kappa shape index (κ2) is 7.70. The largest absolute Gasteiger partial charge is 0.478 e.